The van der Waals surface area contributed by atoms with Crippen LogP contribution in [0.3, 0.4) is 0 Å². The fourth-order valence-corrected chi connectivity index (χ4v) is 8.97. The van der Waals surface area contributed by atoms with Gasteiger partial charge in [-0.1, -0.05) is 152 Å². The maximum absolute atomic E-state index is 2.44. The first-order valence-electron chi connectivity index (χ1n) is 17.1. The molecule has 234 valence electrons. The number of fused-ring (bicyclic) bond motifs is 8. The van der Waals surface area contributed by atoms with Crippen LogP contribution in [0.5, 0.6) is 0 Å². The van der Waals surface area contributed by atoms with Crippen molar-refractivity contribution in [3.05, 3.63) is 188 Å². The molecule has 0 saturated heterocycles. The summed E-state index contributed by atoms with van der Waals surface area (Å²) < 4.78 is 2.63. The summed E-state index contributed by atoms with van der Waals surface area (Å²) in [5, 5.41) is 10.3. The standard InChI is InChI=1S/C48H31NS/c1-2-13-32(14-3-1)39-20-10-11-24-46(39)49(37-26-28-43-44-27-25-33-15-4-7-21-40(33)48(44)50-47(43)31-37)36-18-12-17-34(29-36)45-30-35-16-5-6-19-38(35)41-22-8-9-23-42(41)45/h1-31H. The first-order valence-corrected chi connectivity index (χ1v) is 17.9. The monoisotopic (exact) mass is 653 g/mol. The fourth-order valence-electron chi connectivity index (χ4n) is 7.70. The van der Waals surface area contributed by atoms with Gasteiger partial charge in [-0.2, -0.15) is 0 Å². The summed E-state index contributed by atoms with van der Waals surface area (Å²) in [5.41, 5.74) is 8.22. The molecule has 0 radical (unpaired) electrons. The van der Waals surface area contributed by atoms with Crippen LogP contribution in [-0.4, -0.2) is 0 Å². The van der Waals surface area contributed by atoms with Gasteiger partial charge in [0.05, 0.1) is 5.69 Å². The van der Waals surface area contributed by atoms with Crippen molar-refractivity contribution < 1.29 is 0 Å². The van der Waals surface area contributed by atoms with Crippen molar-refractivity contribution in [3.8, 4) is 22.3 Å². The van der Waals surface area contributed by atoms with E-state index in [-0.39, 0.29) is 0 Å². The second-order valence-electron chi connectivity index (χ2n) is 12.9. The van der Waals surface area contributed by atoms with Crippen LogP contribution in [0.25, 0.3) is 74.7 Å². The van der Waals surface area contributed by atoms with Crippen LogP contribution in [0, 0.1) is 0 Å². The van der Waals surface area contributed by atoms with Crippen molar-refractivity contribution in [1.82, 2.24) is 0 Å². The lowest BCUT2D eigenvalue weighted by molar-refractivity contribution is 1.29. The van der Waals surface area contributed by atoms with E-state index in [1.807, 2.05) is 11.3 Å². The van der Waals surface area contributed by atoms with Crippen molar-refractivity contribution in [2.24, 2.45) is 0 Å². The summed E-state index contributed by atoms with van der Waals surface area (Å²) in [6.45, 7) is 0. The number of thiophene rings is 1. The van der Waals surface area contributed by atoms with E-state index < -0.39 is 0 Å². The molecule has 0 saturated carbocycles. The molecule has 0 aliphatic heterocycles. The summed E-state index contributed by atoms with van der Waals surface area (Å²) in [6.07, 6.45) is 0. The van der Waals surface area contributed by atoms with Gasteiger partial charge in [0.25, 0.3) is 0 Å². The van der Waals surface area contributed by atoms with Crippen LogP contribution in [0.1, 0.15) is 0 Å². The predicted octanol–water partition coefficient (Wildman–Crippen LogP) is 14.3. The molecule has 1 nitrogen and oxygen atoms in total. The molecule has 0 atom stereocenters. The summed E-state index contributed by atoms with van der Waals surface area (Å²) in [7, 11) is 0. The van der Waals surface area contributed by atoms with Gasteiger partial charge in [0, 0.05) is 37.1 Å². The molecule has 0 unspecified atom stereocenters. The van der Waals surface area contributed by atoms with E-state index in [2.05, 4.69) is 193 Å². The highest BCUT2D eigenvalue weighted by molar-refractivity contribution is 7.26. The zero-order chi connectivity index (χ0) is 33.0. The molecule has 0 aliphatic carbocycles. The van der Waals surface area contributed by atoms with Crippen LogP contribution in [0.4, 0.5) is 17.1 Å². The molecule has 1 heterocycles. The third kappa shape index (κ3) is 4.69. The maximum Gasteiger partial charge on any atom is 0.0540 e. The van der Waals surface area contributed by atoms with Crippen molar-refractivity contribution in [2.75, 3.05) is 4.90 Å². The third-order valence-corrected chi connectivity index (χ3v) is 11.2. The highest BCUT2D eigenvalue weighted by atomic mass is 32.1. The molecule has 0 fully saturated rings. The topological polar surface area (TPSA) is 3.24 Å². The largest absolute Gasteiger partial charge is 0.310 e. The van der Waals surface area contributed by atoms with Gasteiger partial charge in [0.2, 0.25) is 0 Å². The first kappa shape index (κ1) is 28.8. The highest BCUT2D eigenvalue weighted by Crippen LogP contribution is 2.46. The van der Waals surface area contributed by atoms with E-state index in [0.29, 0.717) is 0 Å². The molecule has 1 aromatic heterocycles. The van der Waals surface area contributed by atoms with Gasteiger partial charge in [0.1, 0.15) is 0 Å². The molecular formula is C48H31NS. The van der Waals surface area contributed by atoms with E-state index in [9.17, 15) is 0 Å². The van der Waals surface area contributed by atoms with Gasteiger partial charge in [-0.05, 0) is 85.4 Å². The molecule has 10 aromatic rings. The van der Waals surface area contributed by atoms with E-state index in [4.69, 9.17) is 0 Å². The lowest BCUT2D eigenvalue weighted by Crippen LogP contribution is -2.11. The van der Waals surface area contributed by atoms with Crippen LogP contribution in [-0.2, 0) is 0 Å². The minimum atomic E-state index is 1.12. The Bertz CT molecular complexity index is 2880. The van der Waals surface area contributed by atoms with E-state index in [1.165, 1.54) is 74.7 Å². The average molecular weight is 654 g/mol. The zero-order valence-electron chi connectivity index (χ0n) is 27.3. The lowest BCUT2D eigenvalue weighted by Gasteiger charge is -2.28. The number of hydrogen-bond acceptors (Lipinski definition) is 2. The minimum Gasteiger partial charge on any atom is -0.310 e. The van der Waals surface area contributed by atoms with Crippen molar-refractivity contribution in [2.45, 2.75) is 0 Å². The Morgan fingerprint density at radius 3 is 1.88 bits per heavy atom. The van der Waals surface area contributed by atoms with Crippen molar-refractivity contribution in [3.63, 3.8) is 0 Å². The maximum atomic E-state index is 2.44. The molecule has 0 aliphatic rings. The Balaban J connectivity index is 1.21. The van der Waals surface area contributed by atoms with E-state index in [1.54, 1.807) is 0 Å². The molecule has 50 heavy (non-hydrogen) atoms. The summed E-state index contributed by atoms with van der Waals surface area (Å²) in [5.74, 6) is 0. The molecule has 0 bridgehead atoms. The van der Waals surface area contributed by atoms with E-state index >= 15 is 0 Å². The Kier molecular flexibility index (Phi) is 6.75. The summed E-state index contributed by atoms with van der Waals surface area (Å²) >= 11 is 1.89. The van der Waals surface area contributed by atoms with Crippen LogP contribution in [0.15, 0.2) is 188 Å². The molecular weight excluding hydrogens is 623 g/mol. The normalized spacial score (nSPS) is 11.6. The Hall–Kier alpha value is -6.22. The van der Waals surface area contributed by atoms with Crippen LogP contribution >= 0.6 is 11.3 Å². The quantitative estimate of drug-likeness (QED) is 0.167. The first-order chi connectivity index (χ1) is 24.8. The van der Waals surface area contributed by atoms with Crippen LogP contribution in [0.2, 0.25) is 0 Å². The molecule has 9 aromatic carbocycles. The minimum absolute atomic E-state index is 1.12. The smallest absolute Gasteiger partial charge is 0.0540 e. The van der Waals surface area contributed by atoms with Gasteiger partial charge < -0.3 is 4.90 Å². The van der Waals surface area contributed by atoms with Crippen molar-refractivity contribution >= 4 is 80.9 Å². The number of nitrogens with zero attached hydrogens (tertiary/aromatic N) is 1. The number of para-hydroxylation sites is 1. The number of benzene rings is 9. The summed E-state index contributed by atoms with van der Waals surface area (Å²) in [4.78, 5) is 2.44. The fraction of sp³-hybridized carbons (Fsp3) is 0. The molecule has 0 N–H and O–H groups in total. The Morgan fingerprint density at radius 1 is 0.340 bits per heavy atom. The Labute approximate surface area is 294 Å². The van der Waals surface area contributed by atoms with E-state index in [0.717, 1.165) is 17.1 Å². The van der Waals surface area contributed by atoms with Gasteiger partial charge in [0.15, 0.2) is 0 Å². The lowest BCUT2D eigenvalue weighted by atomic mass is 9.93. The molecule has 0 spiro atoms. The highest BCUT2D eigenvalue weighted by Gasteiger charge is 2.20. The second-order valence-corrected chi connectivity index (χ2v) is 14.0. The third-order valence-electron chi connectivity index (χ3n) is 10.0. The molecule has 0 amide bonds. The Morgan fingerprint density at radius 2 is 1.00 bits per heavy atom. The number of rotatable bonds is 5. The van der Waals surface area contributed by atoms with Gasteiger partial charge in [-0.3, -0.25) is 0 Å². The predicted molar refractivity (Wildman–Crippen MR) is 217 cm³/mol. The second kappa shape index (κ2) is 11.7. The zero-order valence-corrected chi connectivity index (χ0v) is 28.1. The van der Waals surface area contributed by atoms with Gasteiger partial charge in [-0.25, -0.2) is 0 Å². The van der Waals surface area contributed by atoms with Gasteiger partial charge >= 0.3 is 0 Å². The average Bonchev–Trinajstić information content (AvgIpc) is 3.57. The number of anilines is 3. The van der Waals surface area contributed by atoms with Gasteiger partial charge in [-0.15, -0.1) is 11.3 Å². The molecule has 2 heteroatoms. The van der Waals surface area contributed by atoms with Crippen LogP contribution < -0.4 is 4.90 Å². The van der Waals surface area contributed by atoms with Crippen molar-refractivity contribution in [1.29, 1.82) is 0 Å². The summed E-state index contributed by atoms with van der Waals surface area (Å²) in [6, 6.07) is 68.7. The SMILES string of the molecule is c1ccc(-c2ccccc2N(c2cccc(-c3cc4ccccc4c4ccccc34)c2)c2ccc3c(c2)sc2c4ccccc4ccc32)cc1. The molecule has 10 rings (SSSR count). The number of hydrogen-bond donors (Lipinski definition) is 0.